The number of nitrogens with one attached hydrogen (secondary N) is 1. The second kappa shape index (κ2) is 8.71. The van der Waals surface area contributed by atoms with Crippen LogP contribution in [0.1, 0.15) is 40.0 Å². The van der Waals surface area contributed by atoms with E-state index in [0.29, 0.717) is 11.3 Å². The first-order valence-electron chi connectivity index (χ1n) is 9.73. The summed E-state index contributed by atoms with van der Waals surface area (Å²) in [6.45, 7) is 5.99. The van der Waals surface area contributed by atoms with Crippen LogP contribution in [-0.4, -0.2) is 21.4 Å². The number of aryl methyl sites for hydroxylation is 2. The maximum Gasteiger partial charge on any atom is 0.264 e. The third-order valence-corrected chi connectivity index (χ3v) is 7.05. The predicted octanol–water partition coefficient (Wildman–Crippen LogP) is 4.62. The molecule has 0 fully saturated rings. The molecule has 0 aliphatic heterocycles. The van der Waals surface area contributed by atoms with E-state index in [1.165, 1.54) is 24.7 Å². The average molecular weight is 423 g/mol. The summed E-state index contributed by atoms with van der Waals surface area (Å²) in [5, 5.41) is 2.99. The largest absolute Gasteiger partial charge is 0.345 e. The number of sulfonamides is 1. The van der Waals surface area contributed by atoms with Crippen molar-refractivity contribution < 1.29 is 13.2 Å². The van der Waals surface area contributed by atoms with Crippen molar-refractivity contribution in [3.05, 3.63) is 95.1 Å². The molecule has 3 rings (SSSR count). The number of carbonyl (C=O) groups excluding carboxylic acids is 1. The number of carbonyl (C=O) groups is 1. The third kappa shape index (κ3) is 4.39. The van der Waals surface area contributed by atoms with Crippen LogP contribution < -0.4 is 9.62 Å². The molecule has 0 bridgehead atoms. The maximum absolute atomic E-state index is 13.0. The molecule has 1 N–H and O–H groups in total. The van der Waals surface area contributed by atoms with Gasteiger partial charge in [0.15, 0.2) is 0 Å². The Morgan fingerprint density at radius 1 is 0.900 bits per heavy atom. The van der Waals surface area contributed by atoms with Crippen molar-refractivity contribution in [2.24, 2.45) is 0 Å². The first-order valence-corrected chi connectivity index (χ1v) is 11.2. The summed E-state index contributed by atoms with van der Waals surface area (Å²) in [6, 6.07) is 20.7. The number of hydrogen-bond donors (Lipinski definition) is 1. The van der Waals surface area contributed by atoms with Crippen LogP contribution in [0.5, 0.6) is 0 Å². The van der Waals surface area contributed by atoms with Gasteiger partial charge in [-0.1, -0.05) is 48.5 Å². The van der Waals surface area contributed by atoms with E-state index in [9.17, 15) is 13.2 Å². The number of nitrogens with zero attached hydrogens (tertiary/aromatic N) is 1. The van der Waals surface area contributed by atoms with E-state index in [4.69, 9.17) is 0 Å². The van der Waals surface area contributed by atoms with Gasteiger partial charge in [0.1, 0.15) is 0 Å². The fourth-order valence-electron chi connectivity index (χ4n) is 3.21. The molecule has 0 radical (unpaired) electrons. The number of amides is 1. The SMILES string of the molecule is Cc1ccc(C(C)NC(=O)c2ccccc2N(C)S(=O)(=O)c2ccccc2)cc1C. The molecule has 3 aromatic rings. The normalized spacial score (nSPS) is 12.3. The van der Waals surface area contributed by atoms with E-state index < -0.39 is 10.0 Å². The molecule has 0 heterocycles. The monoisotopic (exact) mass is 422 g/mol. The van der Waals surface area contributed by atoms with Crippen molar-refractivity contribution in [3.8, 4) is 0 Å². The molecule has 0 spiro atoms. The molecule has 156 valence electrons. The van der Waals surface area contributed by atoms with Crippen molar-refractivity contribution in [2.45, 2.75) is 31.7 Å². The van der Waals surface area contributed by atoms with Crippen LogP contribution in [0.25, 0.3) is 0 Å². The molecule has 0 saturated heterocycles. The van der Waals surface area contributed by atoms with Crippen molar-refractivity contribution in [1.82, 2.24) is 5.32 Å². The van der Waals surface area contributed by atoms with Gasteiger partial charge >= 0.3 is 0 Å². The zero-order chi connectivity index (χ0) is 21.9. The van der Waals surface area contributed by atoms with Crippen LogP contribution in [0, 0.1) is 13.8 Å². The van der Waals surface area contributed by atoms with Crippen molar-refractivity contribution in [1.29, 1.82) is 0 Å². The lowest BCUT2D eigenvalue weighted by Gasteiger charge is -2.23. The van der Waals surface area contributed by atoms with Gasteiger partial charge in [0, 0.05) is 7.05 Å². The Bertz CT molecular complexity index is 1160. The Hall–Kier alpha value is -3.12. The van der Waals surface area contributed by atoms with E-state index in [1.54, 1.807) is 42.5 Å². The van der Waals surface area contributed by atoms with E-state index in [-0.39, 0.29) is 16.8 Å². The summed E-state index contributed by atoms with van der Waals surface area (Å²) in [7, 11) is -2.33. The summed E-state index contributed by atoms with van der Waals surface area (Å²) in [6.07, 6.45) is 0. The molecular formula is C24H26N2O3S. The lowest BCUT2D eigenvalue weighted by Crippen LogP contribution is -2.31. The maximum atomic E-state index is 13.0. The van der Waals surface area contributed by atoms with Crippen LogP contribution in [0.3, 0.4) is 0 Å². The van der Waals surface area contributed by atoms with Gasteiger partial charge in [-0.05, 0) is 61.7 Å². The minimum Gasteiger partial charge on any atom is -0.345 e. The summed E-state index contributed by atoms with van der Waals surface area (Å²) < 4.78 is 27.2. The van der Waals surface area contributed by atoms with Crippen LogP contribution in [0.15, 0.2) is 77.7 Å². The lowest BCUT2D eigenvalue weighted by molar-refractivity contribution is 0.0940. The molecule has 0 aliphatic rings. The number of benzene rings is 3. The zero-order valence-electron chi connectivity index (χ0n) is 17.6. The highest BCUT2D eigenvalue weighted by molar-refractivity contribution is 7.92. The van der Waals surface area contributed by atoms with Gasteiger partial charge in [0.05, 0.1) is 22.2 Å². The Kier molecular flexibility index (Phi) is 6.27. The van der Waals surface area contributed by atoms with E-state index in [1.807, 2.05) is 32.9 Å². The minimum atomic E-state index is -3.79. The Morgan fingerprint density at radius 2 is 1.53 bits per heavy atom. The zero-order valence-corrected chi connectivity index (χ0v) is 18.4. The molecule has 30 heavy (non-hydrogen) atoms. The van der Waals surface area contributed by atoms with Crippen molar-refractivity contribution in [2.75, 3.05) is 11.4 Å². The van der Waals surface area contributed by atoms with Gasteiger partial charge in [-0.2, -0.15) is 0 Å². The quantitative estimate of drug-likeness (QED) is 0.630. The summed E-state index contributed by atoms with van der Waals surface area (Å²) in [5.74, 6) is -0.327. The molecule has 1 atom stereocenters. The van der Waals surface area contributed by atoms with Gasteiger partial charge in [0.25, 0.3) is 15.9 Å². The van der Waals surface area contributed by atoms with Gasteiger partial charge < -0.3 is 5.32 Å². The highest BCUT2D eigenvalue weighted by Gasteiger charge is 2.25. The third-order valence-electron chi connectivity index (χ3n) is 5.27. The Labute approximate surface area is 178 Å². The van der Waals surface area contributed by atoms with E-state index in [2.05, 4.69) is 11.4 Å². The Morgan fingerprint density at radius 3 is 2.20 bits per heavy atom. The second-order valence-corrected chi connectivity index (χ2v) is 9.31. The summed E-state index contributed by atoms with van der Waals surface area (Å²) in [4.78, 5) is 13.2. The second-order valence-electron chi connectivity index (χ2n) is 7.34. The topological polar surface area (TPSA) is 66.5 Å². The van der Waals surface area contributed by atoms with Crippen LogP contribution >= 0.6 is 0 Å². The summed E-state index contributed by atoms with van der Waals surface area (Å²) in [5.41, 5.74) is 3.97. The van der Waals surface area contributed by atoms with Gasteiger partial charge in [-0.25, -0.2) is 8.42 Å². The fourth-order valence-corrected chi connectivity index (χ4v) is 4.45. The molecule has 1 unspecified atom stereocenters. The number of para-hydroxylation sites is 1. The molecule has 6 heteroatoms. The van der Waals surface area contributed by atoms with Gasteiger partial charge in [0.2, 0.25) is 0 Å². The van der Waals surface area contributed by atoms with Gasteiger partial charge in [-0.15, -0.1) is 0 Å². The standard InChI is InChI=1S/C24H26N2O3S/c1-17-14-15-20(16-18(17)2)19(3)25-24(27)22-12-8-9-13-23(22)26(4)30(28,29)21-10-6-5-7-11-21/h5-16,19H,1-4H3,(H,25,27). The van der Waals surface area contributed by atoms with Crippen molar-refractivity contribution in [3.63, 3.8) is 0 Å². The van der Waals surface area contributed by atoms with Crippen LogP contribution in [0.2, 0.25) is 0 Å². The van der Waals surface area contributed by atoms with Crippen molar-refractivity contribution >= 4 is 21.6 Å². The van der Waals surface area contributed by atoms with Crippen LogP contribution in [0.4, 0.5) is 5.69 Å². The molecule has 5 nitrogen and oxygen atoms in total. The predicted molar refractivity (Wildman–Crippen MR) is 120 cm³/mol. The van der Waals surface area contributed by atoms with E-state index in [0.717, 1.165) is 15.4 Å². The molecular weight excluding hydrogens is 396 g/mol. The lowest BCUT2D eigenvalue weighted by atomic mass is 10.0. The average Bonchev–Trinajstić information content (AvgIpc) is 2.75. The van der Waals surface area contributed by atoms with Crippen LogP contribution in [-0.2, 0) is 10.0 Å². The highest BCUT2D eigenvalue weighted by Crippen LogP contribution is 2.26. The van der Waals surface area contributed by atoms with Gasteiger partial charge in [-0.3, -0.25) is 9.10 Å². The molecule has 3 aromatic carbocycles. The molecule has 1 amide bonds. The van der Waals surface area contributed by atoms with E-state index >= 15 is 0 Å². The molecule has 0 aliphatic carbocycles. The molecule has 0 aromatic heterocycles. The number of hydrogen-bond acceptors (Lipinski definition) is 3. The first kappa shape index (κ1) is 21.6. The Balaban J connectivity index is 1.89. The molecule has 0 saturated carbocycles. The first-order chi connectivity index (χ1) is 14.2. The fraction of sp³-hybridized carbons (Fsp3) is 0.208. The summed E-state index contributed by atoms with van der Waals surface area (Å²) >= 11 is 0. The smallest absolute Gasteiger partial charge is 0.264 e. The highest BCUT2D eigenvalue weighted by atomic mass is 32.2. The number of rotatable bonds is 6. The number of anilines is 1. The minimum absolute atomic E-state index is 0.172.